The quantitative estimate of drug-likeness (QED) is 0.706. The van der Waals surface area contributed by atoms with Gasteiger partial charge in [-0.3, -0.25) is 9.78 Å². The lowest BCUT2D eigenvalue weighted by molar-refractivity contribution is 0.0649. The minimum Gasteiger partial charge on any atom is -0.336 e. The number of hydrogen-bond donors (Lipinski definition) is 0. The molecule has 15 heavy (non-hydrogen) atoms. The fourth-order valence-corrected chi connectivity index (χ4v) is 1.13. The molecule has 0 bridgehead atoms. The van der Waals surface area contributed by atoms with E-state index in [1.54, 1.807) is 18.1 Å². The van der Waals surface area contributed by atoms with Gasteiger partial charge >= 0.3 is 0 Å². The molecule has 0 aliphatic heterocycles. The van der Waals surface area contributed by atoms with Crippen LogP contribution in [0.1, 0.15) is 36.8 Å². The Morgan fingerprint density at radius 2 is 2.00 bits per heavy atom. The number of carbonyl (C=O) groups excluding carboxylic acids is 1. The van der Waals surface area contributed by atoms with Gasteiger partial charge in [0.05, 0.1) is 0 Å². The van der Waals surface area contributed by atoms with Crippen LogP contribution < -0.4 is 0 Å². The lowest BCUT2D eigenvalue weighted by atomic mass is 10.1. The van der Waals surface area contributed by atoms with Crippen LogP contribution in [0.15, 0.2) is 18.3 Å². The Kier molecular flexibility index (Phi) is 3.12. The number of carbonyl (C=O) groups is 1. The molecule has 0 saturated heterocycles. The van der Waals surface area contributed by atoms with Crippen LogP contribution in [0.4, 0.5) is 0 Å². The molecule has 0 atom stereocenters. The second-order valence-corrected chi connectivity index (χ2v) is 4.75. The number of rotatable bonds is 1. The van der Waals surface area contributed by atoms with Crippen LogP contribution in [-0.2, 0) is 0 Å². The molecule has 0 radical (unpaired) electrons. The Labute approximate surface area is 91.1 Å². The number of aryl methyl sites for hydroxylation is 1. The molecular formula is C12H18N2O. The number of hydrogen-bond acceptors (Lipinski definition) is 2. The third-order valence-electron chi connectivity index (χ3n) is 2.45. The second-order valence-electron chi connectivity index (χ2n) is 4.75. The van der Waals surface area contributed by atoms with Crippen LogP contribution in [0.5, 0.6) is 0 Å². The summed E-state index contributed by atoms with van der Waals surface area (Å²) in [5, 5.41) is 0. The van der Waals surface area contributed by atoms with E-state index in [0.717, 1.165) is 5.56 Å². The van der Waals surface area contributed by atoms with Crippen molar-refractivity contribution < 1.29 is 4.79 Å². The van der Waals surface area contributed by atoms with Gasteiger partial charge in [0.1, 0.15) is 5.69 Å². The van der Waals surface area contributed by atoms with Gasteiger partial charge < -0.3 is 4.90 Å². The fraction of sp³-hybridized carbons (Fsp3) is 0.500. The van der Waals surface area contributed by atoms with E-state index in [1.165, 1.54) is 0 Å². The number of amides is 1. The number of aromatic nitrogens is 1. The van der Waals surface area contributed by atoms with E-state index in [0.29, 0.717) is 5.69 Å². The summed E-state index contributed by atoms with van der Waals surface area (Å²) >= 11 is 0. The van der Waals surface area contributed by atoms with E-state index in [9.17, 15) is 4.79 Å². The van der Waals surface area contributed by atoms with Crippen molar-refractivity contribution in [1.29, 1.82) is 0 Å². The summed E-state index contributed by atoms with van der Waals surface area (Å²) in [7, 11) is 1.80. The Hall–Kier alpha value is -1.38. The molecule has 0 spiro atoms. The monoisotopic (exact) mass is 206 g/mol. The third-order valence-corrected chi connectivity index (χ3v) is 2.45. The van der Waals surface area contributed by atoms with E-state index in [-0.39, 0.29) is 11.4 Å². The molecule has 0 N–H and O–H groups in total. The van der Waals surface area contributed by atoms with Crippen LogP contribution in [0.3, 0.4) is 0 Å². The lowest BCUT2D eigenvalue weighted by Gasteiger charge is -2.31. The first kappa shape index (κ1) is 11.7. The van der Waals surface area contributed by atoms with Crippen molar-refractivity contribution in [2.75, 3.05) is 7.05 Å². The highest BCUT2D eigenvalue weighted by Gasteiger charge is 2.23. The second kappa shape index (κ2) is 4.01. The maximum absolute atomic E-state index is 12.0. The molecule has 0 unspecified atom stereocenters. The largest absolute Gasteiger partial charge is 0.336 e. The molecular weight excluding hydrogens is 188 g/mol. The lowest BCUT2D eigenvalue weighted by Crippen LogP contribution is -2.42. The van der Waals surface area contributed by atoms with Gasteiger partial charge in [0.25, 0.3) is 5.91 Å². The average Bonchev–Trinajstić information content (AvgIpc) is 2.14. The molecule has 1 aromatic rings. The normalized spacial score (nSPS) is 11.3. The van der Waals surface area contributed by atoms with E-state index >= 15 is 0 Å². The topological polar surface area (TPSA) is 33.2 Å². The average molecular weight is 206 g/mol. The summed E-state index contributed by atoms with van der Waals surface area (Å²) in [6.45, 7) is 7.96. The van der Waals surface area contributed by atoms with Crippen LogP contribution in [0, 0.1) is 6.92 Å². The highest BCUT2D eigenvalue weighted by molar-refractivity contribution is 5.92. The number of nitrogens with zero attached hydrogens (tertiary/aromatic N) is 2. The molecule has 0 aliphatic carbocycles. The highest BCUT2D eigenvalue weighted by atomic mass is 16.2. The van der Waals surface area contributed by atoms with Crippen molar-refractivity contribution in [1.82, 2.24) is 9.88 Å². The molecule has 0 fully saturated rings. The van der Waals surface area contributed by atoms with Crippen molar-refractivity contribution in [3.8, 4) is 0 Å². The Bertz CT molecular complexity index is 366. The van der Waals surface area contributed by atoms with E-state index in [2.05, 4.69) is 4.98 Å². The maximum Gasteiger partial charge on any atom is 0.272 e. The van der Waals surface area contributed by atoms with Gasteiger partial charge in [-0.1, -0.05) is 0 Å². The van der Waals surface area contributed by atoms with E-state index < -0.39 is 0 Å². The van der Waals surface area contributed by atoms with Crippen LogP contribution in [0.25, 0.3) is 0 Å². The van der Waals surface area contributed by atoms with Gasteiger partial charge in [-0.2, -0.15) is 0 Å². The molecule has 0 aromatic carbocycles. The molecule has 0 aliphatic rings. The molecule has 1 amide bonds. The third kappa shape index (κ3) is 2.78. The summed E-state index contributed by atoms with van der Waals surface area (Å²) < 4.78 is 0. The van der Waals surface area contributed by atoms with E-state index in [1.807, 2.05) is 39.8 Å². The van der Waals surface area contributed by atoms with Gasteiger partial charge in [0.15, 0.2) is 0 Å². The molecule has 3 heteroatoms. The first-order chi connectivity index (χ1) is 6.82. The van der Waals surface area contributed by atoms with Crippen molar-refractivity contribution in [3.63, 3.8) is 0 Å². The van der Waals surface area contributed by atoms with Crippen molar-refractivity contribution in [3.05, 3.63) is 29.6 Å². The summed E-state index contributed by atoms with van der Waals surface area (Å²) in [5.74, 6) is -0.0359. The van der Waals surface area contributed by atoms with Gasteiger partial charge in [0.2, 0.25) is 0 Å². The van der Waals surface area contributed by atoms with Crippen molar-refractivity contribution in [2.45, 2.75) is 33.2 Å². The summed E-state index contributed by atoms with van der Waals surface area (Å²) in [6, 6.07) is 3.69. The Morgan fingerprint density at radius 1 is 1.40 bits per heavy atom. The Balaban J connectivity index is 2.95. The minimum atomic E-state index is -0.178. The van der Waals surface area contributed by atoms with Gasteiger partial charge in [-0.15, -0.1) is 0 Å². The first-order valence-corrected chi connectivity index (χ1v) is 5.03. The zero-order chi connectivity index (χ0) is 11.6. The summed E-state index contributed by atoms with van der Waals surface area (Å²) in [5.41, 5.74) is 1.38. The summed E-state index contributed by atoms with van der Waals surface area (Å²) in [4.78, 5) is 17.8. The first-order valence-electron chi connectivity index (χ1n) is 5.03. The van der Waals surface area contributed by atoms with Gasteiger partial charge in [-0.05, 0) is 45.4 Å². The van der Waals surface area contributed by atoms with Crippen LogP contribution in [0.2, 0.25) is 0 Å². The zero-order valence-corrected chi connectivity index (χ0v) is 10.0. The molecule has 3 nitrogen and oxygen atoms in total. The van der Waals surface area contributed by atoms with Crippen LogP contribution in [-0.4, -0.2) is 28.4 Å². The van der Waals surface area contributed by atoms with Crippen molar-refractivity contribution in [2.24, 2.45) is 0 Å². The molecule has 1 aromatic heterocycles. The maximum atomic E-state index is 12.0. The summed E-state index contributed by atoms with van der Waals surface area (Å²) in [6.07, 6.45) is 1.67. The fourth-order valence-electron chi connectivity index (χ4n) is 1.13. The predicted molar refractivity (Wildman–Crippen MR) is 60.8 cm³/mol. The zero-order valence-electron chi connectivity index (χ0n) is 10.0. The van der Waals surface area contributed by atoms with Gasteiger partial charge in [0, 0.05) is 18.8 Å². The Morgan fingerprint density at radius 3 is 2.47 bits per heavy atom. The highest BCUT2D eigenvalue weighted by Crippen LogP contribution is 2.14. The predicted octanol–water partition coefficient (Wildman–Crippen LogP) is 2.26. The smallest absolute Gasteiger partial charge is 0.272 e. The number of pyridine rings is 1. The molecule has 1 rings (SSSR count). The van der Waals surface area contributed by atoms with Crippen molar-refractivity contribution >= 4 is 5.91 Å². The SMILES string of the molecule is Cc1ccnc(C(=O)N(C)C(C)(C)C)c1. The molecule has 1 heterocycles. The standard InChI is InChI=1S/C12H18N2O/c1-9-6-7-13-10(8-9)11(15)14(5)12(2,3)4/h6-8H,1-5H3. The van der Waals surface area contributed by atoms with E-state index in [4.69, 9.17) is 0 Å². The minimum absolute atomic E-state index is 0.0359. The van der Waals surface area contributed by atoms with Crippen LogP contribution >= 0.6 is 0 Å². The van der Waals surface area contributed by atoms with Gasteiger partial charge in [-0.25, -0.2) is 0 Å². The molecule has 82 valence electrons. The molecule has 0 saturated carbocycles.